The fourth-order valence-electron chi connectivity index (χ4n) is 3.04. The van der Waals surface area contributed by atoms with Crippen molar-refractivity contribution in [1.82, 2.24) is 9.97 Å². The molecular formula is C21H23N5. The summed E-state index contributed by atoms with van der Waals surface area (Å²) < 4.78 is 0. The number of nitriles is 1. The molecule has 0 saturated carbocycles. The molecule has 1 aromatic carbocycles. The van der Waals surface area contributed by atoms with Gasteiger partial charge in [-0.3, -0.25) is 0 Å². The van der Waals surface area contributed by atoms with E-state index in [4.69, 9.17) is 11.0 Å². The minimum Gasteiger partial charge on any atom is -0.384 e. The van der Waals surface area contributed by atoms with Crippen molar-refractivity contribution in [3.8, 4) is 17.3 Å². The average Bonchev–Trinajstić information content (AvgIpc) is 3.04. The smallest absolute Gasteiger partial charge is 0.124 e. The van der Waals surface area contributed by atoms with Crippen LogP contribution in [0.1, 0.15) is 44.4 Å². The molecule has 0 radical (unpaired) electrons. The van der Waals surface area contributed by atoms with Crippen LogP contribution < -0.4 is 11.1 Å². The molecule has 5 heteroatoms. The molecule has 26 heavy (non-hydrogen) atoms. The van der Waals surface area contributed by atoms with Gasteiger partial charge in [0, 0.05) is 33.8 Å². The van der Waals surface area contributed by atoms with Crippen LogP contribution in [0.15, 0.2) is 42.6 Å². The number of H-pyrrole nitrogens is 1. The van der Waals surface area contributed by atoms with E-state index in [1.54, 1.807) is 6.07 Å². The Morgan fingerprint density at radius 3 is 2.81 bits per heavy atom. The van der Waals surface area contributed by atoms with Crippen molar-refractivity contribution in [3.05, 3.63) is 53.9 Å². The quantitative estimate of drug-likeness (QED) is 0.597. The summed E-state index contributed by atoms with van der Waals surface area (Å²) in [5, 5.41) is 13.5. The summed E-state index contributed by atoms with van der Waals surface area (Å²) >= 11 is 0. The van der Waals surface area contributed by atoms with E-state index >= 15 is 0 Å². The Morgan fingerprint density at radius 1 is 1.38 bits per heavy atom. The molecule has 132 valence electrons. The van der Waals surface area contributed by atoms with Crippen molar-refractivity contribution in [2.45, 2.75) is 33.1 Å². The van der Waals surface area contributed by atoms with Crippen molar-refractivity contribution >= 4 is 22.4 Å². The third-order valence-electron chi connectivity index (χ3n) is 4.52. The Morgan fingerprint density at radius 2 is 2.15 bits per heavy atom. The second kappa shape index (κ2) is 6.93. The molecule has 0 spiro atoms. The summed E-state index contributed by atoms with van der Waals surface area (Å²) in [5.74, 6) is 0.743. The van der Waals surface area contributed by atoms with E-state index in [-0.39, 0.29) is 5.92 Å². The van der Waals surface area contributed by atoms with Crippen LogP contribution in [-0.4, -0.2) is 9.97 Å². The Bertz CT molecular complexity index is 1020. The maximum absolute atomic E-state index is 9.12. The van der Waals surface area contributed by atoms with Gasteiger partial charge in [-0.1, -0.05) is 20.4 Å². The summed E-state index contributed by atoms with van der Waals surface area (Å²) in [5.41, 5.74) is 12.3. The Kier molecular flexibility index (Phi) is 4.68. The third-order valence-corrected chi connectivity index (χ3v) is 4.52. The zero-order chi connectivity index (χ0) is 18.8. The van der Waals surface area contributed by atoms with Gasteiger partial charge in [-0.05, 0) is 43.7 Å². The molecule has 1 atom stereocenters. The van der Waals surface area contributed by atoms with Gasteiger partial charge < -0.3 is 16.0 Å². The van der Waals surface area contributed by atoms with Crippen molar-refractivity contribution in [2.24, 2.45) is 0 Å². The average molecular weight is 345 g/mol. The van der Waals surface area contributed by atoms with Crippen LogP contribution >= 0.6 is 0 Å². The number of aromatic amines is 1. The number of fused-ring (bicyclic) bond motifs is 1. The standard InChI is InChI=1S/C21H23N5/c1-5-13(4)20-21(24-12(2)3)16(10-19(23)26-20)18-9-15-8-14(11-22)6-7-17(15)25-18/h6-10,13,24-25H,2,5H2,1,3-4H3,(H2,23,26). The number of aromatic nitrogens is 2. The summed E-state index contributed by atoms with van der Waals surface area (Å²) in [6.45, 7) is 10.2. The lowest BCUT2D eigenvalue weighted by atomic mass is 9.98. The van der Waals surface area contributed by atoms with Crippen LogP contribution in [-0.2, 0) is 0 Å². The maximum Gasteiger partial charge on any atom is 0.124 e. The monoisotopic (exact) mass is 345 g/mol. The summed E-state index contributed by atoms with van der Waals surface area (Å²) in [7, 11) is 0. The molecule has 4 N–H and O–H groups in total. The molecule has 3 rings (SSSR count). The lowest BCUT2D eigenvalue weighted by Gasteiger charge is -2.19. The SMILES string of the molecule is C=C(C)Nc1c(-c2cc3cc(C#N)ccc3[nH]2)cc(N)nc1C(C)CC. The molecule has 0 aliphatic heterocycles. The van der Waals surface area contributed by atoms with E-state index in [0.29, 0.717) is 11.4 Å². The lowest BCUT2D eigenvalue weighted by molar-refractivity contribution is 0.711. The highest BCUT2D eigenvalue weighted by Gasteiger charge is 2.19. The van der Waals surface area contributed by atoms with Gasteiger partial charge >= 0.3 is 0 Å². The van der Waals surface area contributed by atoms with E-state index in [1.165, 1.54) is 0 Å². The first-order valence-corrected chi connectivity index (χ1v) is 8.69. The second-order valence-corrected chi connectivity index (χ2v) is 6.67. The van der Waals surface area contributed by atoms with Crippen molar-refractivity contribution < 1.29 is 0 Å². The largest absolute Gasteiger partial charge is 0.384 e. The number of hydrogen-bond acceptors (Lipinski definition) is 4. The highest BCUT2D eigenvalue weighted by atomic mass is 14.9. The second-order valence-electron chi connectivity index (χ2n) is 6.67. The van der Waals surface area contributed by atoms with Crippen LogP contribution in [0, 0.1) is 11.3 Å². The molecule has 3 aromatic rings. The predicted molar refractivity (Wildman–Crippen MR) is 108 cm³/mol. The third kappa shape index (κ3) is 3.27. The van der Waals surface area contributed by atoms with Crippen molar-refractivity contribution in [2.75, 3.05) is 11.1 Å². The molecule has 2 heterocycles. The number of nitrogens with zero attached hydrogens (tertiary/aromatic N) is 2. The summed E-state index contributed by atoms with van der Waals surface area (Å²) in [4.78, 5) is 8.01. The van der Waals surface area contributed by atoms with Crippen LogP contribution in [0.5, 0.6) is 0 Å². The van der Waals surface area contributed by atoms with Gasteiger partial charge in [0.25, 0.3) is 0 Å². The minimum atomic E-state index is 0.258. The number of benzene rings is 1. The number of hydrogen-bond donors (Lipinski definition) is 3. The molecular weight excluding hydrogens is 322 g/mol. The summed E-state index contributed by atoms with van der Waals surface area (Å²) in [6.07, 6.45) is 0.957. The number of pyridine rings is 1. The van der Waals surface area contributed by atoms with Crippen LogP contribution in [0.4, 0.5) is 11.5 Å². The fourth-order valence-corrected chi connectivity index (χ4v) is 3.04. The van der Waals surface area contributed by atoms with E-state index in [9.17, 15) is 0 Å². The van der Waals surface area contributed by atoms with Gasteiger partial charge in [0.05, 0.1) is 23.0 Å². The normalized spacial score (nSPS) is 11.9. The molecule has 0 amide bonds. The lowest BCUT2D eigenvalue weighted by Crippen LogP contribution is -2.08. The number of nitrogens with one attached hydrogen (secondary N) is 2. The maximum atomic E-state index is 9.12. The number of allylic oxidation sites excluding steroid dienone is 1. The van der Waals surface area contributed by atoms with E-state index in [1.807, 2.05) is 31.2 Å². The van der Waals surface area contributed by atoms with Crippen molar-refractivity contribution in [1.29, 1.82) is 5.26 Å². The zero-order valence-electron chi connectivity index (χ0n) is 15.4. The molecule has 0 bridgehead atoms. The first-order chi connectivity index (χ1) is 12.4. The first kappa shape index (κ1) is 17.6. The molecule has 0 aliphatic carbocycles. The van der Waals surface area contributed by atoms with E-state index in [0.717, 1.165) is 45.7 Å². The van der Waals surface area contributed by atoms with Gasteiger partial charge in [0.1, 0.15) is 5.82 Å². The Balaban J connectivity index is 2.24. The predicted octanol–water partition coefficient (Wildman–Crippen LogP) is 5.14. The number of anilines is 2. The number of nitrogens with two attached hydrogens (primary N) is 1. The number of rotatable bonds is 5. The van der Waals surface area contributed by atoms with Gasteiger partial charge in [-0.15, -0.1) is 0 Å². The van der Waals surface area contributed by atoms with E-state index < -0.39 is 0 Å². The van der Waals surface area contributed by atoms with Crippen LogP contribution in [0.2, 0.25) is 0 Å². The molecule has 0 aliphatic rings. The van der Waals surface area contributed by atoms with Gasteiger partial charge in [-0.2, -0.15) is 5.26 Å². The highest BCUT2D eigenvalue weighted by molar-refractivity contribution is 5.91. The van der Waals surface area contributed by atoms with E-state index in [2.05, 4.69) is 41.8 Å². The topological polar surface area (TPSA) is 90.5 Å². The first-order valence-electron chi connectivity index (χ1n) is 8.69. The molecule has 5 nitrogen and oxygen atoms in total. The van der Waals surface area contributed by atoms with Gasteiger partial charge in [0.2, 0.25) is 0 Å². The molecule has 2 aromatic heterocycles. The molecule has 1 unspecified atom stereocenters. The number of nitrogen functional groups attached to an aromatic ring is 1. The van der Waals surface area contributed by atoms with Crippen LogP contribution in [0.25, 0.3) is 22.2 Å². The highest BCUT2D eigenvalue weighted by Crippen LogP contribution is 2.37. The Hall–Kier alpha value is -3.26. The van der Waals surface area contributed by atoms with Gasteiger partial charge in [-0.25, -0.2) is 4.98 Å². The zero-order valence-corrected chi connectivity index (χ0v) is 15.4. The summed E-state index contributed by atoms with van der Waals surface area (Å²) in [6, 6.07) is 11.7. The van der Waals surface area contributed by atoms with Crippen LogP contribution in [0.3, 0.4) is 0 Å². The molecule has 0 saturated heterocycles. The Labute approximate surface area is 153 Å². The minimum absolute atomic E-state index is 0.258. The van der Waals surface area contributed by atoms with Crippen molar-refractivity contribution in [3.63, 3.8) is 0 Å². The fraction of sp³-hybridized carbons (Fsp3) is 0.238. The molecule has 0 fully saturated rings. The van der Waals surface area contributed by atoms with Gasteiger partial charge in [0.15, 0.2) is 0 Å².